The normalized spacial score (nSPS) is 40.6. The molecule has 4 rings (SSSR count). The van der Waals surface area contributed by atoms with Crippen LogP contribution in [0.15, 0.2) is 4.52 Å². The van der Waals surface area contributed by atoms with Crippen molar-refractivity contribution in [2.45, 2.75) is 75.4 Å². The van der Waals surface area contributed by atoms with Crippen LogP contribution in [0.4, 0.5) is 0 Å². The summed E-state index contributed by atoms with van der Waals surface area (Å²) in [5.41, 5.74) is 0. The molecule has 3 aliphatic rings. The lowest BCUT2D eigenvalue weighted by Gasteiger charge is -2.34. The highest BCUT2D eigenvalue weighted by molar-refractivity contribution is 5.07. The summed E-state index contributed by atoms with van der Waals surface area (Å²) in [6.07, 6.45) is 7.32. The Labute approximate surface area is 126 Å². The first-order valence-electron chi connectivity index (χ1n) is 8.49. The lowest BCUT2D eigenvalue weighted by atomic mass is 9.90. The summed E-state index contributed by atoms with van der Waals surface area (Å²) >= 11 is 0. The van der Waals surface area contributed by atoms with Crippen molar-refractivity contribution in [3.8, 4) is 0 Å². The number of nitrogens with one attached hydrogen (secondary N) is 1. The Bertz CT molecular complexity index is 488. The predicted octanol–water partition coefficient (Wildman–Crippen LogP) is 2.27. The van der Waals surface area contributed by atoms with Crippen LogP contribution >= 0.6 is 0 Å². The summed E-state index contributed by atoms with van der Waals surface area (Å²) < 4.78 is 5.62. The van der Waals surface area contributed by atoms with E-state index in [2.05, 4.69) is 29.3 Å². The van der Waals surface area contributed by atoms with Crippen LogP contribution < -0.4 is 5.32 Å². The zero-order valence-electron chi connectivity index (χ0n) is 13.1. The summed E-state index contributed by atoms with van der Waals surface area (Å²) in [4.78, 5) is 7.35. The van der Waals surface area contributed by atoms with Gasteiger partial charge in [0, 0.05) is 30.0 Å². The highest BCUT2D eigenvalue weighted by atomic mass is 16.5. The molecule has 3 saturated heterocycles. The van der Waals surface area contributed by atoms with Crippen LogP contribution in [0.5, 0.6) is 0 Å². The van der Waals surface area contributed by atoms with Crippen molar-refractivity contribution in [2.75, 3.05) is 13.6 Å². The summed E-state index contributed by atoms with van der Waals surface area (Å²) in [6.45, 7) is 3.29. The number of hydrogen-bond acceptors (Lipinski definition) is 5. The van der Waals surface area contributed by atoms with E-state index >= 15 is 0 Å². The third-order valence-electron chi connectivity index (χ3n) is 5.89. The van der Waals surface area contributed by atoms with Crippen LogP contribution in [0, 0.1) is 0 Å². The van der Waals surface area contributed by atoms with Gasteiger partial charge in [-0.05, 0) is 59.0 Å². The molecule has 4 atom stereocenters. The summed E-state index contributed by atoms with van der Waals surface area (Å²) in [5, 5.41) is 7.82. The number of aromatic nitrogens is 2. The zero-order valence-corrected chi connectivity index (χ0v) is 13.1. The van der Waals surface area contributed by atoms with Gasteiger partial charge in [-0.1, -0.05) is 5.16 Å². The molecule has 1 aromatic heterocycles. The van der Waals surface area contributed by atoms with Gasteiger partial charge in [-0.3, -0.25) is 0 Å². The summed E-state index contributed by atoms with van der Waals surface area (Å²) in [6, 6.07) is 2.02. The van der Waals surface area contributed by atoms with Gasteiger partial charge in [-0.25, -0.2) is 0 Å². The predicted molar refractivity (Wildman–Crippen MR) is 80.3 cm³/mol. The molecular weight excluding hydrogens is 264 g/mol. The molecule has 0 radical (unpaired) electrons. The van der Waals surface area contributed by atoms with Crippen LogP contribution in [0.1, 0.15) is 69.0 Å². The highest BCUT2D eigenvalue weighted by Crippen LogP contribution is 2.41. The number of hydrogen-bond donors (Lipinski definition) is 1. The van der Waals surface area contributed by atoms with E-state index in [9.17, 15) is 0 Å². The van der Waals surface area contributed by atoms with Crippen molar-refractivity contribution in [1.82, 2.24) is 20.4 Å². The number of rotatable bonds is 2. The van der Waals surface area contributed by atoms with Crippen LogP contribution in [-0.2, 0) is 0 Å². The molecule has 1 aromatic rings. The lowest BCUT2D eigenvalue weighted by Crippen LogP contribution is -2.39. The molecule has 1 N–H and O–H groups in total. The average Bonchev–Trinajstić information content (AvgIpc) is 3.02. The fourth-order valence-corrected chi connectivity index (χ4v) is 4.56. The van der Waals surface area contributed by atoms with Gasteiger partial charge in [-0.15, -0.1) is 0 Å². The fraction of sp³-hybridized carbons (Fsp3) is 0.875. The molecule has 3 fully saturated rings. The second-order valence-corrected chi connectivity index (χ2v) is 7.29. The summed E-state index contributed by atoms with van der Waals surface area (Å²) in [5.74, 6) is 2.81. The van der Waals surface area contributed by atoms with Gasteiger partial charge >= 0.3 is 0 Å². The second-order valence-electron chi connectivity index (χ2n) is 7.29. The minimum Gasteiger partial charge on any atom is -0.339 e. The maximum Gasteiger partial charge on any atom is 0.229 e. The van der Waals surface area contributed by atoms with Crippen molar-refractivity contribution in [3.05, 3.63) is 11.7 Å². The fourth-order valence-electron chi connectivity index (χ4n) is 4.56. The van der Waals surface area contributed by atoms with Crippen molar-refractivity contribution < 1.29 is 4.52 Å². The van der Waals surface area contributed by atoms with E-state index in [0.29, 0.717) is 17.9 Å². The van der Waals surface area contributed by atoms with E-state index in [1.54, 1.807) is 0 Å². The smallest absolute Gasteiger partial charge is 0.229 e. The van der Waals surface area contributed by atoms with Crippen LogP contribution in [-0.4, -0.2) is 46.8 Å². The Balaban J connectivity index is 1.47. The van der Waals surface area contributed by atoms with E-state index in [0.717, 1.165) is 43.2 Å². The van der Waals surface area contributed by atoms with Crippen molar-refractivity contribution in [2.24, 2.45) is 0 Å². The second kappa shape index (κ2) is 5.36. The van der Waals surface area contributed by atoms with Gasteiger partial charge < -0.3 is 14.7 Å². The molecule has 5 heteroatoms. The third kappa shape index (κ3) is 2.50. The number of piperidine rings is 2. The van der Waals surface area contributed by atoms with Gasteiger partial charge in [0.15, 0.2) is 5.82 Å². The Morgan fingerprint density at radius 3 is 2.57 bits per heavy atom. The Kier molecular flexibility index (Phi) is 3.50. The molecule has 0 spiro atoms. The van der Waals surface area contributed by atoms with Crippen molar-refractivity contribution in [1.29, 1.82) is 0 Å². The van der Waals surface area contributed by atoms with Gasteiger partial charge in [0.2, 0.25) is 5.89 Å². The maximum atomic E-state index is 5.62. The SMILES string of the molecule is CC1CC(c2nc(C3CC4CCC(C3)N4C)no2)CCN1. The Morgan fingerprint density at radius 2 is 1.86 bits per heavy atom. The minimum atomic E-state index is 0.450. The van der Waals surface area contributed by atoms with E-state index in [-0.39, 0.29) is 0 Å². The van der Waals surface area contributed by atoms with Gasteiger partial charge in [0.1, 0.15) is 0 Å². The van der Waals surface area contributed by atoms with Crippen molar-refractivity contribution >= 4 is 0 Å². The van der Waals surface area contributed by atoms with Crippen molar-refractivity contribution in [3.63, 3.8) is 0 Å². The first kappa shape index (κ1) is 13.7. The van der Waals surface area contributed by atoms with E-state index in [1.165, 1.54) is 25.7 Å². The molecule has 116 valence electrons. The Hall–Kier alpha value is -0.940. The standard InChI is InChI=1S/C16H26N4O/c1-10-7-11(5-6-17-10)16-18-15(19-21-16)12-8-13-3-4-14(9-12)20(13)2/h10-14,17H,3-9H2,1-2H3. The molecule has 0 aromatic carbocycles. The van der Waals surface area contributed by atoms with Gasteiger partial charge in [0.05, 0.1) is 0 Å². The molecule has 5 nitrogen and oxygen atoms in total. The maximum absolute atomic E-state index is 5.62. The monoisotopic (exact) mass is 290 g/mol. The molecule has 21 heavy (non-hydrogen) atoms. The zero-order chi connectivity index (χ0) is 14.4. The Morgan fingerprint density at radius 1 is 1.10 bits per heavy atom. The van der Waals surface area contributed by atoms with E-state index in [4.69, 9.17) is 9.51 Å². The molecule has 2 bridgehead atoms. The first-order chi connectivity index (χ1) is 10.2. The molecule has 4 heterocycles. The molecule has 0 saturated carbocycles. The van der Waals surface area contributed by atoms with Crippen LogP contribution in [0.2, 0.25) is 0 Å². The number of nitrogens with zero attached hydrogens (tertiary/aromatic N) is 3. The summed E-state index contributed by atoms with van der Waals surface area (Å²) in [7, 11) is 2.27. The molecule has 3 aliphatic heterocycles. The average molecular weight is 290 g/mol. The minimum absolute atomic E-state index is 0.450. The van der Waals surface area contributed by atoms with E-state index in [1.807, 2.05) is 0 Å². The molecule has 0 amide bonds. The quantitative estimate of drug-likeness (QED) is 0.905. The third-order valence-corrected chi connectivity index (χ3v) is 5.89. The molecular formula is C16H26N4O. The largest absolute Gasteiger partial charge is 0.339 e. The topological polar surface area (TPSA) is 54.2 Å². The van der Waals surface area contributed by atoms with Crippen LogP contribution in [0.3, 0.4) is 0 Å². The molecule has 0 aliphatic carbocycles. The van der Waals surface area contributed by atoms with E-state index < -0.39 is 0 Å². The first-order valence-corrected chi connectivity index (χ1v) is 8.49. The number of fused-ring (bicyclic) bond motifs is 2. The highest BCUT2D eigenvalue weighted by Gasteiger charge is 2.40. The lowest BCUT2D eigenvalue weighted by molar-refractivity contribution is 0.157. The van der Waals surface area contributed by atoms with Gasteiger partial charge in [0.25, 0.3) is 0 Å². The van der Waals surface area contributed by atoms with Crippen LogP contribution in [0.25, 0.3) is 0 Å². The molecule has 4 unspecified atom stereocenters. The van der Waals surface area contributed by atoms with Gasteiger partial charge in [-0.2, -0.15) is 4.98 Å².